The SMILES string of the molecule is CC(C)(C)OC(=O)N[C@](C)([C]=O)Cc1c[nH]c2ccccc12. The number of H-pyrrole nitrogens is 1. The van der Waals surface area contributed by atoms with Crippen molar-refractivity contribution in [2.45, 2.75) is 45.3 Å². The molecule has 5 nitrogen and oxygen atoms in total. The number of benzene rings is 1. The van der Waals surface area contributed by atoms with E-state index < -0.39 is 17.2 Å². The van der Waals surface area contributed by atoms with Crippen molar-refractivity contribution in [3.05, 3.63) is 36.0 Å². The van der Waals surface area contributed by atoms with E-state index in [0.717, 1.165) is 16.5 Å². The van der Waals surface area contributed by atoms with Gasteiger partial charge in [0.25, 0.3) is 0 Å². The number of hydrogen-bond acceptors (Lipinski definition) is 3. The van der Waals surface area contributed by atoms with Crippen molar-refractivity contribution in [2.24, 2.45) is 0 Å². The molecular weight excluding hydrogens is 280 g/mol. The molecule has 2 aromatic rings. The summed E-state index contributed by atoms with van der Waals surface area (Å²) in [7, 11) is 0. The lowest BCUT2D eigenvalue weighted by Gasteiger charge is -2.26. The summed E-state index contributed by atoms with van der Waals surface area (Å²) in [5.41, 5.74) is 0.169. The van der Waals surface area contributed by atoms with E-state index in [2.05, 4.69) is 10.3 Å². The Balaban J connectivity index is 2.17. The summed E-state index contributed by atoms with van der Waals surface area (Å²) in [6, 6.07) is 7.80. The molecular formula is C17H21N2O3. The molecule has 1 atom stereocenters. The van der Waals surface area contributed by atoms with Gasteiger partial charge in [0.2, 0.25) is 6.29 Å². The van der Waals surface area contributed by atoms with Gasteiger partial charge < -0.3 is 15.0 Å². The fourth-order valence-corrected chi connectivity index (χ4v) is 2.29. The highest BCUT2D eigenvalue weighted by molar-refractivity contribution is 5.84. The van der Waals surface area contributed by atoms with Crippen molar-refractivity contribution in [3.63, 3.8) is 0 Å². The molecule has 1 aromatic carbocycles. The van der Waals surface area contributed by atoms with Gasteiger partial charge in [0.1, 0.15) is 11.1 Å². The standard InChI is InChI=1S/C17H21N2O3/c1-16(2,3)22-15(21)19-17(4,11-20)9-12-10-18-14-8-6-5-7-13(12)14/h5-8,10,18H,9H2,1-4H3,(H,19,21)/t17-/m0/s1. The van der Waals surface area contributed by atoms with Crippen molar-refractivity contribution >= 4 is 23.3 Å². The fraction of sp³-hybridized carbons (Fsp3) is 0.412. The summed E-state index contributed by atoms with van der Waals surface area (Å²) in [6.45, 7) is 6.95. The Morgan fingerprint density at radius 3 is 2.59 bits per heavy atom. The van der Waals surface area contributed by atoms with Gasteiger partial charge in [-0.1, -0.05) is 18.2 Å². The molecule has 0 saturated heterocycles. The Morgan fingerprint density at radius 2 is 1.95 bits per heavy atom. The second-order valence-electron chi connectivity index (χ2n) is 6.60. The molecule has 0 bridgehead atoms. The highest BCUT2D eigenvalue weighted by atomic mass is 16.6. The third-order valence-electron chi connectivity index (χ3n) is 3.22. The smallest absolute Gasteiger partial charge is 0.408 e. The number of para-hydroxylation sites is 1. The molecule has 117 valence electrons. The maximum absolute atomic E-state index is 11.9. The summed E-state index contributed by atoms with van der Waals surface area (Å²) in [6.07, 6.45) is 3.47. The lowest BCUT2D eigenvalue weighted by atomic mass is 9.94. The van der Waals surface area contributed by atoms with Crippen LogP contribution in [0.5, 0.6) is 0 Å². The largest absolute Gasteiger partial charge is 0.444 e. The number of aromatic amines is 1. The molecule has 0 aliphatic heterocycles. The molecule has 0 fully saturated rings. The summed E-state index contributed by atoms with van der Waals surface area (Å²) in [5, 5.41) is 3.63. The Labute approximate surface area is 130 Å². The predicted octanol–water partition coefficient (Wildman–Crippen LogP) is 3.10. The average Bonchev–Trinajstić information content (AvgIpc) is 2.80. The quantitative estimate of drug-likeness (QED) is 0.911. The first-order valence-electron chi connectivity index (χ1n) is 7.18. The molecule has 0 saturated carbocycles. The first-order chi connectivity index (χ1) is 10.2. The van der Waals surface area contributed by atoms with E-state index in [1.54, 1.807) is 27.7 Å². The molecule has 0 aliphatic carbocycles. The van der Waals surface area contributed by atoms with E-state index in [4.69, 9.17) is 4.74 Å². The van der Waals surface area contributed by atoms with Gasteiger partial charge in [0.15, 0.2) is 0 Å². The fourth-order valence-electron chi connectivity index (χ4n) is 2.29. The van der Waals surface area contributed by atoms with Crippen LogP contribution in [0.15, 0.2) is 30.5 Å². The van der Waals surface area contributed by atoms with Crippen molar-refractivity contribution < 1.29 is 14.3 Å². The van der Waals surface area contributed by atoms with Crippen LogP contribution >= 0.6 is 0 Å². The zero-order valence-electron chi connectivity index (χ0n) is 13.3. The number of fused-ring (bicyclic) bond motifs is 1. The van der Waals surface area contributed by atoms with Gasteiger partial charge in [-0.2, -0.15) is 0 Å². The van der Waals surface area contributed by atoms with Crippen molar-refractivity contribution in [2.75, 3.05) is 0 Å². The lowest BCUT2D eigenvalue weighted by molar-refractivity contribution is 0.0490. The van der Waals surface area contributed by atoms with Crippen LogP contribution in [-0.4, -0.2) is 28.5 Å². The third kappa shape index (κ3) is 3.87. The van der Waals surface area contributed by atoms with E-state index in [1.807, 2.05) is 36.7 Å². The number of alkyl carbamates (subject to hydrolysis) is 1. The predicted molar refractivity (Wildman–Crippen MR) is 85.5 cm³/mol. The molecule has 1 aromatic heterocycles. The zero-order valence-corrected chi connectivity index (χ0v) is 13.3. The van der Waals surface area contributed by atoms with Crippen LogP contribution in [0.2, 0.25) is 0 Å². The topological polar surface area (TPSA) is 71.2 Å². The van der Waals surface area contributed by atoms with Gasteiger partial charge in [-0.3, -0.25) is 4.79 Å². The van der Waals surface area contributed by atoms with E-state index in [9.17, 15) is 9.59 Å². The van der Waals surface area contributed by atoms with E-state index in [1.165, 1.54) is 0 Å². The molecule has 2 rings (SSSR count). The van der Waals surface area contributed by atoms with Crippen molar-refractivity contribution in [1.82, 2.24) is 10.3 Å². The van der Waals surface area contributed by atoms with Crippen LogP contribution in [0.4, 0.5) is 4.79 Å². The molecule has 1 radical (unpaired) electrons. The first kappa shape index (κ1) is 16.1. The highest BCUT2D eigenvalue weighted by Gasteiger charge is 2.30. The second kappa shape index (κ2) is 5.83. The van der Waals surface area contributed by atoms with Crippen LogP contribution in [0.25, 0.3) is 10.9 Å². The molecule has 22 heavy (non-hydrogen) atoms. The van der Waals surface area contributed by atoms with Crippen molar-refractivity contribution in [1.29, 1.82) is 0 Å². The Kier molecular flexibility index (Phi) is 4.26. The van der Waals surface area contributed by atoms with Crippen molar-refractivity contribution in [3.8, 4) is 0 Å². The minimum Gasteiger partial charge on any atom is -0.444 e. The number of ether oxygens (including phenoxy) is 1. The normalized spacial score (nSPS) is 14.4. The molecule has 1 heterocycles. The average molecular weight is 301 g/mol. The summed E-state index contributed by atoms with van der Waals surface area (Å²) < 4.78 is 5.21. The lowest BCUT2D eigenvalue weighted by Crippen LogP contribution is -2.50. The highest BCUT2D eigenvalue weighted by Crippen LogP contribution is 2.22. The second-order valence-corrected chi connectivity index (χ2v) is 6.60. The van der Waals surface area contributed by atoms with E-state index in [0.29, 0.717) is 6.42 Å². The number of amides is 1. The van der Waals surface area contributed by atoms with E-state index >= 15 is 0 Å². The Morgan fingerprint density at radius 1 is 1.27 bits per heavy atom. The van der Waals surface area contributed by atoms with E-state index in [-0.39, 0.29) is 0 Å². The summed E-state index contributed by atoms with van der Waals surface area (Å²) in [4.78, 5) is 26.4. The van der Waals surface area contributed by atoms with Gasteiger partial charge in [-0.05, 0) is 39.3 Å². The van der Waals surface area contributed by atoms with Gasteiger partial charge in [-0.25, -0.2) is 4.79 Å². The minimum atomic E-state index is -1.15. The molecule has 0 unspecified atom stereocenters. The van der Waals surface area contributed by atoms with Crippen LogP contribution in [0.1, 0.15) is 33.3 Å². The Hall–Kier alpha value is -2.30. The molecule has 2 N–H and O–H groups in total. The number of aromatic nitrogens is 1. The van der Waals surface area contributed by atoms with Gasteiger partial charge >= 0.3 is 6.09 Å². The number of hydrogen-bond donors (Lipinski definition) is 2. The maximum Gasteiger partial charge on any atom is 0.408 e. The van der Waals surface area contributed by atoms with Crippen LogP contribution in [0, 0.1) is 0 Å². The number of rotatable bonds is 4. The minimum absolute atomic E-state index is 0.333. The van der Waals surface area contributed by atoms with Crippen LogP contribution < -0.4 is 5.32 Å². The number of carbonyl (C=O) groups is 1. The zero-order chi connectivity index (χ0) is 16.4. The molecule has 1 amide bonds. The van der Waals surface area contributed by atoms with Gasteiger partial charge in [0.05, 0.1) is 0 Å². The van der Waals surface area contributed by atoms with Gasteiger partial charge in [0, 0.05) is 23.5 Å². The number of nitrogens with one attached hydrogen (secondary N) is 2. The molecule has 5 heteroatoms. The van der Waals surface area contributed by atoms with Gasteiger partial charge in [-0.15, -0.1) is 0 Å². The van der Waals surface area contributed by atoms with Crippen LogP contribution in [0.3, 0.4) is 0 Å². The Bertz CT molecular complexity index is 685. The first-order valence-corrected chi connectivity index (χ1v) is 7.18. The summed E-state index contributed by atoms with van der Waals surface area (Å²) in [5.74, 6) is 0. The molecule has 0 spiro atoms. The monoisotopic (exact) mass is 301 g/mol. The third-order valence-corrected chi connectivity index (χ3v) is 3.22. The van der Waals surface area contributed by atoms with Crippen LogP contribution in [-0.2, 0) is 16.0 Å². The number of carbonyl (C=O) groups excluding carboxylic acids is 2. The summed E-state index contributed by atoms with van der Waals surface area (Å²) >= 11 is 0. The molecule has 0 aliphatic rings. The maximum atomic E-state index is 11.9.